The Kier molecular flexibility index (Phi) is 3.31. The molecule has 1 amide bonds. The Balaban J connectivity index is 2.42. The largest absolute Gasteiger partial charge is 0.391 e. The first kappa shape index (κ1) is 10.5. The number of carbonyl (C=O) groups is 1. The predicted molar refractivity (Wildman–Crippen MR) is 51.2 cm³/mol. The van der Waals surface area contributed by atoms with E-state index in [1.807, 2.05) is 20.8 Å². The molecule has 0 aromatic rings. The average Bonchev–Trinajstić information content (AvgIpc) is 2.31. The van der Waals surface area contributed by atoms with Gasteiger partial charge in [-0.3, -0.25) is 4.79 Å². The van der Waals surface area contributed by atoms with E-state index in [0.717, 1.165) is 0 Å². The molecule has 1 N–H and O–H groups in total. The highest BCUT2D eigenvalue weighted by molar-refractivity contribution is 5.76. The third kappa shape index (κ3) is 2.69. The summed E-state index contributed by atoms with van der Waals surface area (Å²) in [6, 6.07) is 0. The van der Waals surface area contributed by atoms with Gasteiger partial charge in [0, 0.05) is 25.4 Å². The standard InChI is InChI=1S/C10H19NO2/c1-7(2)4-10(13)11-5-8(3)9(12)6-11/h7-9,12H,4-6H2,1-3H3. The first-order chi connectivity index (χ1) is 6.00. The smallest absolute Gasteiger partial charge is 0.222 e. The summed E-state index contributed by atoms with van der Waals surface area (Å²) in [6.07, 6.45) is 0.274. The summed E-state index contributed by atoms with van der Waals surface area (Å²) >= 11 is 0. The molecule has 76 valence electrons. The first-order valence-corrected chi connectivity index (χ1v) is 4.96. The topological polar surface area (TPSA) is 40.5 Å². The number of likely N-dealkylation sites (tertiary alicyclic amines) is 1. The number of rotatable bonds is 2. The van der Waals surface area contributed by atoms with Crippen molar-refractivity contribution in [1.82, 2.24) is 4.90 Å². The lowest BCUT2D eigenvalue weighted by Crippen LogP contribution is -2.30. The van der Waals surface area contributed by atoms with E-state index in [9.17, 15) is 9.90 Å². The molecule has 3 heteroatoms. The molecule has 1 saturated heterocycles. The zero-order valence-corrected chi connectivity index (χ0v) is 8.66. The molecule has 0 saturated carbocycles. The van der Waals surface area contributed by atoms with Crippen LogP contribution in [0.4, 0.5) is 0 Å². The summed E-state index contributed by atoms with van der Waals surface area (Å²) in [5, 5.41) is 9.46. The highest BCUT2D eigenvalue weighted by atomic mass is 16.3. The van der Waals surface area contributed by atoms with E-state index in [0.29, 0.717) is 25.4 Å². The van der Waals surface area contributed by atoms with Crippen molar-refractivity contribution < 1.29 is 9.90 Å². The molecular weight excluding hydrogens is 166 g/mol. The van der Waals surface area contributed by atoms with Crippen LogP contribution < -0.4 is 0 Å². The Bertz CT molecular complexity index is 181. The fraction of sp³-hybridized carbons (Fsp3) is 0.900. The minimum absolute atomic E-state index is 0.179. The summed E-state index contributed by atoms with van der Waals surface area (Å²) in [5.41, 5.74) is 0. The Morgan fingerprint density at radius 1 is 1.54 bits per heavy atom. The van der Waals surface area contributed by atoms with Crippen LogP contribution >= 0.6 is 0 Å². The van der Waals surface area contributed by atoms with Crippen molar-refractivity contribution in [1.29, 1.82) is 0 Å². The lowest BCUT2D eigenvalue weighted by molar-refractivity contribution is -0.131. The minimum atomic E-state index is -0.323. The van der Waals surface area contributed by atoms with Gasteiger partial charge < -0.3 is 10.0 Å². The number of hydrogen-bond acceptors (Lipinski definition) is 2. The molecule has 0 aromatic heterocycles. The number of aliphatic hydroxyl groups excluding tert-OH is 1. The molecule has 1 fully saturated rings. The molecule has 2 atom stereocenters. The molecule has 0 radical (unpaired) electrons. The molecule has 1 aliphatic rings. The van der Waals surface area contributed by atoms with Crippen LogP contribution in [0.2, 0.25) is 0 Å². The number of β-amino-alcohol motifs (C(OH)–C–C–N with tert-alkyl or cyclic N) is 1. The Labute approximate surface area is 79.7 Å². The van der Waals surface area contributed by atoms with E-state index in [-0.39, 0.29) is 17.9 Å². The van der Waals surface area contributed by atoms with E-state index < -0.39 is 0 Å². The third-order valence-corrected chi connectivity index (χ3v) is 2.51. The molecule has 0 aliphatic carbocycles. The lowest BCUT2D eigenvalue weighted by atomic mass is 10.1. The maximum Gasteiger partial charge on any atom is 0.222 e. The maximum atomic E-state index is 11.6. The van der Waals surface area contributed by atoms with Crippen LogP contribution in [-0.2, 0) is 4.79 Å². The van der Waals surface area contributed by atoms with E-state index in [4.69, 9.17) is 0 Å². The zero-order valence-electron chi connectivity index (χ0n) is 8.66. The van der Waals surface area contributed by atoms with Crippen molar-refractivity contribution in [3.05, 3.63) is 0 Å². The van der Waals surface area contributed by atoms with Gasteiger partial charge in [-0.2, -0.15) is 0 Å². The molecule has 1 heterocycles. The molecule has 13 heavy (non-hydrogen) atoms. The van der Waals surface area contributed by atoms with Gasteiger partial charge in [0.25, 0.3) is 0 Å². The SMILES string of the molecule is CC(C)CC(=O)N1CC(C)C(O)C1. The van der Waals surface area contributed by atoms with Gasteiger partial charge in [-0.1, -0.05) is 20.8 Å². The molecule has 0 aromatic carbocycles. The number of amides is 1. The van der Waals surface area contributed by atoms with E-state index in [1.165, 1.54) is 0 Å². The Morgan fingerprint density at radius 2 is 2.15 bits per heavy atom. The van der Waals surface area contributed by atoms with Gasteiger partial charge in [-0.05, 0) is 5.92 Å². The van der Waals surface area contributed by atoms with Gasteiger partial charge in [-0.25, -0.2) is 0 Å². The molecule has 0 spiro atoms. The van der Waals surface area contributed by atoms with E-state index in [1.54, 1.807) is 4.90 Å². The summed E-state index contributed by atoms with van der Waals surface area (Å²) < 4.78 is 0. The lowest BCUT2D eigenvalue weighted by Gasteiger charge is -2.16. The van der Waals surface area contributed by atoms with Crippen LogP contribution in [0, 0.1) is 11.8 Å². The van der Waals surface area contributed by atoms with Crippen molar-refractivity contribution in [2.75, 3.05) is 13.1 Å². The van der Waals surface area contributed by atoms with Crippen molar-refractivity contribution in [3.8, 4) is 0 Å². The van der Waals surface area contributed by atoms with Crippen LogP contribution in [0.1, 0.15) is 27.2 Å². The van der Waals surface area contributed by atoms with Gasteiger partial charge in [0.2, 0.25) is 5.91 Å². The van der Waals surface area contributed by atoms with Crippen LogP contribution in [0.5, 0.6) is 0 Å². The second-order valence-corrected chi connectivity index (χ2v) is 4.44. The number of nitrogens with zero attached hydrogens (tertiary/aromatic N) is 1. The highest BCUT2D eigenvalue weighted by Gasteiger charge is 2.30. The Hall–Kier alpha value is -0.570. The second kappa shape index (κ2) is 4.09. The van der Waals surface area contributed by atoms with Crippen LogP contribution in [0.15, 0.2) is 0 Å². The van der Waals surface area contributed by atoms with Gasteiger partial charge in [-0.15, -0.1) is 0 Å². The molecule has 0 bridgehead atoms. The van der Waals surface area contributed by atoms with Gasteiger partial charge in [0.1, 0.15) is 0 Å². The molecule has 3 nitrogen and oxygen atoms in total. The minimum Gasteiger partial charge on any atom is -0.391 e. The van der Waals surface area contributed by atoms with Crippen molar-refractivity contribution in [2.24, 2.45) is 11.8 Å². The predicted octanol–water partition coefficient (Wildman–Crippen LogP) is 0.872. The van der Waals surface area contributed by atoms with Gasteiger partial charge in [0.05, 0.1) is 6.10 Å². The third-order valence-electron chi connectivity index (χ3n) is 2.51. The monoisotopic (exact) mass is 185 g/mol. The second-order valence-electron chi connectivity index (χ2n) is 4.44. The van der Waals surface area contributed by atoms with Gasteiger partial charge in [0.15, 0.2) is 0 Å². The molecular formula is C10H19NO2. The van der Waals surface area contributed by atoms with E-state index in [2.05, 4.69) is 0 Å². The Morgan fingerprint density at radius 3 is 2.54 bits per heavy atom. The van der Waals surface area contributed by atoms with Crippen molar-refractivity contribution >= 4 is 5.91 Å². The van der Waals surface area contributed by atoms with Crippen molar-refractivity contribution in [3.63, 3.8) is 0 Å². The van der Waals surface area contributed by atoms with E-state index >= 15 is 0 Å². The summed E-state index contributed by atoms with van der Waals surface area (Å²) in [4.78, 5) is 13.3. The van der Waals surface area contributed by atoms with Gasteiger partial charge >= 0.3 is 0 Å². The number of aliphatic hydroxyl groups is 1. The van der Waals surface area contributed by atoms with Crippen LogP contribution in [-0.4, -0.2) is 35.1 Å². The quantitative estimate of drug-likeness (QED) is 0.693. The first-order valence-electron chi connectivity index (χ1n) is 4.96. The van der Waals surface area contributed by atoms with Crippen LogP contribution in [0.25, 0.3) is 0 Å². The molecule has 1 rings (SSSR count). The summed E-state index contributed by atoms with van der Waals surface area (Å²) in [7, 11) is 0. The molecule has 2 unspecified atom stereocenters. The van der Waals surface area contributed by atoms with Crippen molar-refractivity contribution in [2.45, 2.75) is 33.3 Å². The number of carbonyl (C=O) groups excluding carboxylic acids is 1. The fourth-order valence-electron chi connectivity index (χ4n) is 1.63. The van der Waals surface area contributed by atoms with Crippen LogP contribution in [0.3, 0.4) is 0 Å². The molecule has 1 aliphatic heterocycles. The number of hydrogen-bond donors (Lipinski definition) is 1. The highest BCUT2D eigenvalue weighted by Crippen LogP contribution is 2.17. The summed E-state index contributed by atoms with van der Waals surface area (Å²) in [6.45, 7) is 7.29. The summed E-state index contributed by atoms with van der Waals surface area (Å²) in [5.74, 6) is 0.815. The zero-order chi connectivity index (χ0) is 10.0. The maximum absolute atomic E-state index is 11.6. The normalized spacial score (nSPS) is 28.5. The average molecular weight is 185 g/mol. The fourth-order valence-corrected chi connectivity index (χ4v) is 1.63.